The van der Waals surface area contributed by atoms with Gasteiger partial charge in [-0.2, -0.15) is 5.26 Å². The van der Waals surface area contributed by atoms with Crippen molar-refractivity contribution in [1.82, 2.24) is 0 Å². The highest BCUT2D eigenvalue weighted by molar-refractivity contribution is 5.60. The van der Waals surface area contributed by atoms with Crippen LogP contribution in [-0.2, 0) is 0 Å². The number of hydrogen-bond acceptors (Lipinski definition) is 5. The highest BCUT2D eigenvalue weighted by atomic mass is 16.6. The molecule has 6 nitrogen and oxygen atoms in total. The predicted octanol–water partition coefficient (Wildman–Crippen LogP) is 2.03. The lowest BCUT2D eigenvalue weighted by molar-refractivity contribution is -0.385. The van der Waals surface area contributed by atoms with Crippen LogP contribution in [0.2, 0.25) is 0 Å². The Balaban J connectivity index is 2.32. The van der Waals surface area contributed by atoms with Gasteiger partial charge in [0.15, 0.2) is 0 Å². The van der Waals surface area contributed by atoms with Gasteiger partial charge in [0.2, 0.25) is 0 Å². The van der Waals surface area contributed by atoms with Gasteiger partial charge < -0.3 is 10.6 Å². The number of benzene rings is 1. The van der Waals surface area contributed by atoms with E-state index in [2.05, 4.69) is 11.8 Å². The Bertz CT molecular complexity index is 553. The molecule has 1 heterocycles. The molecule has 20 heavy (non-hydrogen) atoms. The smallest absolute Gasteiger partial charge is 0.287 e. The van der Waals surface area contributed by atoms with Gasteiger partial charge in [-0.15, -0.1) is 0 Å². The zero-order valence-corrected chi connectivity index (χ0v) is 11.5. The molecule has 0 amide bonds. The average Bonchev–Trinajstić information content (AvgIpc) is 2.47. The molecule has 1 aromatic rings. The topological polar surface area (TPSA) is 96.2 Å². The fourth-order valence-electron chi connectivity index (χ4n) is 2.69. The fourth-order valence-corrected chi connectivity index (χ4v) is 2.69. The largest absolute Gasteiger partial charge is 0.368 e. The summed E-state index contributed by atoms with van der Waals surface area (Å²) in [6.07, 6.45) is 2.15. The van der Waals surface area contributed by atoms with E-state index in [4.69, 9.17) is 11.0 Å². The average molecular weight is 274 g/mol. The van der Waals surface area contributed by atoms with E-state index >= 15 is 0 Å². The number of anilines is 1. The number of rotatable bonds is 3. The fraction of sp³-hybridized carbons (Fsp3) is 0.500. The predicted molar refractivity (Wildman–Crippen MR) is 76.4 cm³/mol. The lowest BCUT2D eigenvalue weighted by Gasteiger charge is -2.39. The second-order valence-electron chi connectivity index (χ2n) is 5.25. The summed E-state index contributed by atoms with van der Waals surface area (Å²) in [5.41, 5.74) is 6.56. The molecule has 2 rings (SSSR count). The van der Waals surface area contributed by atoms with Crippen LogP contribution in [0.5, 0.6) is 0 Å². The lowest BCUT2D eigenvalue weighted by Crippen LogP contribution is -2.44. The van der Waals surface area contributed by atoms with Crippen molar-refractivity contribution in [3.05, 3.63) is 33.9 Å². The highest BCUT2D eigenvalue weighted by Crippen LogP contribution is 2.30. The number of nitro benzene ring substituents is 1. The first-order valence-electron chi connectivity index (χ1n) is 6.72. The maximum atomic E-state index is 10.9. The Hall–Kier alpha value is -2.13. The van der Waals surface area contributed by atoms with Crippen molar-refractivity contribution in [2.75, 3.05) is 18.0 Å². The first-order chi connectivity index (χ1) is 9.56. The number of nitro groups is 1. The van der Waals surface area contributed by atoms with Crippen molar-refractivity contribution in [3.63, 3.8) is 0 Å². The summed E-state index contributed by atoms with van der Waals surface area (Å²) in [4.78, 5) is 12.5. The van der Waals surface area contributed by atoms with Crippen molar-refractivity contribution in [2.45, 2.75) is 25.8 Å². The summed E-state index contributed by atoms with van der Waals surface area (Å²) in [6.45, 7) is 3.60. The summed E-state index contributed by atoms with van der Waals surface area (Å²) in [5, 5.41) is 19.9. The highest BCUT2D eigenvalue weighted by Gasteiger charge is 2.26. The van der Waals surface area contributed by atoms with Crippen LogP contribution in [-0.4, -0.2) is 24.1 Å². The monoisotopic (exact) mass is 274 g/mol. The molecule has 0 spiro atoms. The molecule has 1 aliphatic rings. The van der Waals surface area contributed by atoms with Crippen LogP contribution in [0.4, 0.5) is 11.4 Å². The van der Waals surface area contributed by atoms with Crippen LogP contribution in [0.15, 0.2) is 18.2 Å². The van der Waals surface area contributed by atoms with Gasteiger partial charge in [-0.05, 0) is 44.4 Å². The Morgan fingerprint density at radius 3 is 2.90 bits per heavy atom. The van der Waals surface area contributed by atoms with E-state index in [-0.39, 0.29) is 11.3 Å². The lowest BCUT2D eigenvalue weighted by atomic mass is 9.93. The van der Waals surface area contributed by atoms with Crippen molar-refractivity contribution in [1.29, 1.82) is 5.26 Å². The molecule has 2 atom stereocenters. The number of piperidine rings is 1. The van der Waals surface area contributed by atoms with Gasteiger partial charge >= 0.3 is 0 Å². The zero-order chi connectivity index (χ0) is 14.7. The van der Waals surface area contributed by atoms with E-state index in [0.717, 1.165) is 25.1 Å². The van der Waals surface area contributed by atoms with Gasteiger partial charge in [0.1, 0.15) is 11.6 Å². The SMILES string of the molecule is CC1CCC(CN)CN1c1ccc([N+](=O)[O-])c(C#N)c1. The van der Waals surface area contributed by atoms with Crippen molar-refractivity contribution in [2.24, 2.45) is 11.7 Å². The van der Waals surface area contributed by atoms with E-state index < -0.39 is 4.92 Å². The third-order valence-electron chi connectivity index (χ3n) is 3.94. The maximum absolute atomic E-state index is 10.9. The molecule has 106 valence electrons. The molecule has 1 saturated heterocycles. The summed E-state index contributed by atoms with van der Waals surface area (Å²) in [5.74, 6) is 0.437. The van der Waals surface area contributed by atoms with Crippen LogP contribution in [0.25, 0.3) is 0 Å². The zero-order valence-electron chi connectivity index (χ0n) is 11.5. The molecule has 0 bridgehead atoms. The van der Waals surface area contributed by atoms with Gasteiger partial charge in [0, 0.05) is 24.3 Å². The van der Waals surface area contributed by atoms with Gasteiger partial charge in [0.25, 0.3) is 5.69 Å². The quantitative estimate of drug-likeness (QED) is 0.672. The normalized spacial score (nSPS) is 22.4. The molecule has 2 N–H and O–H groups in total. The van der Waals surface area contributed by atoms with Crippen molar-refractivity contribution in [3.8, 4) is 6.07 Å². The number of hydrogen-bond donors (Lipinski definition) is 1. The third-order valence-corrected chi connectivity index (χ3v) is 3.94. The van der Waals surface area contributed by atoms with Crippen LogP contribution in [0.1, 0.15) is 25.3 Å². The molecule has 0 aliphatic carbocycles. The summed E-state index contributed by atoms with van der Waals surface area (Å²) in [6, 6.07) is 6.99. The van der Waals surface area contributed by atoms with E-state index in [0.29, 0.717) is 18.5 Å². The van der Waals surface area contributed by atoms with Gasteiger partial charge in [-0.3, -0.25) is 10.1 Å². The minimum absolute atomic E-state index is 0.106. The summed E-state index contributed by atoms with van der Waals surface area (Å²) >= 11 is 0. The minimum atomic E-state index is -0.523. The number of nitrogens with zero attached hydrogens (tertiary/aromatic N) is 3. The first-order valence-corrected chi connectivity index (χ1v) is 6.72. The molecule has 1 fully saturated rings. The van der Waals surface area contributed by atoms with Gasteiger partial charge in [0.05, 0.1) is 4.92 Å². The molecule has 1 aromatic carbocycles. The molecular formula is C14H18N4O2. The van der Waals surface area contributed by atoms with Crippen LogP contribution >= 0.6 is 0 Å². The molecule has 6 heteroatoms. The van der Waals surface area contributed by atoms with Gasteiger partial charge in [-0.25, -0.2) is 0 Å². The number of nitriles is 1. The third kappa shape index (κ3) is 2.73. The summed E-state index contributed by atoms with van der Waals surface area (Å²) in [7, 11) is 0. The van der Waals surface area contributed by atoms with Crippen molar-refractivity contribution < 1.29 is 4.92 Å². The molecule has 0 aromatic heterocycles. The van der Waals surface area contributed by atoms with Crippen LogP contribution in [0, 0.1) is 27.4 Å². The summed E-state index contributed by atoms with van der Waals surface area (Å²) < 4.78 is 0. The Morgan fingerprint density at radius 1 is 1.55 bits per heavy atom. The van der Waals surface area contributed by atoms with E-state index in [1.165, 1.54) is 6.07 Å². The van der Waals surface area contributed by atoms with Crippen molar-refractivity contribution >= 4 is 11.4 Å². The molecule has 0 saturated carbocycles. The minimum Gasteiger partial charge on any atom is -0.368 e. The van der Waals surface area contributed by atoms with Gasteiger partial charge in [-0.1, -0.05) is 0 Å². The molecule has 2 unspecified atom stereocenters. The second-order valence-corrected chi connectivity index (χ2v) is 5.25. The first kappa shape index (κ1) is 14.3. The van der Waals surface area contributed by atoms with E-state index in [1.54, 1.807) is 12.1 Å². The Labute approximate surface area is 117 Å². The van der Waals surface area contributed by atoms with Crippen LogP contribution < -0.4 is 10.6 Å². The second kappa shape index (κ2) is 5.88. The molecule has 1 aliphatic heterocycles. The molecular weight excluding hydrogens is 256 g/mol. The Morgan fingerprint density at radius 2 is 2.30 bits per heavy atom. The maximum Gasteiger partial charge on any atom is 0.287 e. The molecule has 0 radical (unpaired) electrons. The Kier molecular flexibility index (Phi) is 4.20. The van der Waals surface area contributed by atoms with E-state index in [9.17, 15) is 10.1 Å². The van der Waals surface area contributed by atoms with Crippen LogP contribution in [0.3, 0.4) is 0 Å². The van der Waals surface area contributed by atoms with E-state index in [1.807, 2.05) is 6.07 Å². The number of nitrogens with two attached hydrogens (primary N) is 1. The standard InChI is InChI=1S/C14H18N4O2/c1-10-2-3-11(7-15)9-17(10)13-4-5-14(18(19)20)12(6-13)8-16/h4-6,10-11H,2-3,7,9,15H2,1H3.